The fourth-order valence-electron chi connectivity index (χ4n) is 0.0913. The number of allylic oxidation sites excluding steroid dienone is 1. The molecule has 0 rings (SSSR count). The average Bonchev–Trinajstić information content (AvgIpc) is 1.41. The zero-order chi connectivity index (χ0) is 4.12. The summed E-state index contributed by atoms with van der Waals surface area (Å²) >= 11 is 0. The quantitative estimate of drug-likeness (QED) is 0.356. The maximum Gasteiger partial charge on any atom is 0.274 e. The summed E-state index contributed by atoms with van der Waals surface area (Å²) in [6.45, 7) is 3.39. The molecule has 0 radical (unpaired) electrons. The Labute approximate surface area is 32.6 Å². The Kier molecular flexibility index (Phi) is 3.59. The van der Waals surface area contributed by atoms with Crippen LogP contribution in [0.1, 0.15) is 0 Å². The molecule has 1 nitrogen and oxygen atoms in total. The lowest BCUT2D eigenvalue weighted by atomic mass is 9.97. The molecule has 0 aliphatic carbocycles. The summed E-state index contributed by atoms with van der Waals surface area (Å²) in [5, 5.41) is 8.00. The molecule has 0 aliphatic heterocycles. The van der Waals surface area contributed by atoms with Gasteiger partial charge in [0.15, 0.2) is 0 Å². The first-order valence-electron chi connectivity index (χ1n) is 1.63. The molecule has 5 heavy (non-hydrogen) atoms. The summed E-state index contributed by atoms with van der Waals surface area (Å²) in [5.41, 5.74) is 0. The van der Waals surface area contributed by atoms with Gasteiger partial charge in [0.1, 0.15) is 0 Å². The zero-order valence-electron chi connectivity index (χ0n) is 3.15. The monoisotopic (exact) mass is 70.1 g/mol. The van der Waals surface area contributed by atoms with Crippen molar-refractivity contribution < 1.29 is 5.02 Å². The predicted molar refractivity (Wildman–Crippen MR) is 24.4 cm³/mol. The van der Waals surface area contributed by atoms with Crippen molar-refractivity contribution in [3.63, 3.8) is 0 Å². The number of hydrogen-bond acceptors (Lipinski definition) is 1. The summed E-state index contributed by atoms with van der Waals surface area (Å²) in [5.74, 6) is 0. The Morgan fingerprint density at radius 1 is 2.00 bits per heavy atom. The maximum atomic E-state index is 8.00. The van der Waals surface area contributed by atoms with E-state index < -0.39 is 0 Å². The van der Waals surface area contributed by atoms with E-state index >= 15 is 0 Å². The molecule has 0 aliphatic rings. The van der Waals surface area contributed by atoms with E-state index in [9.17, 15) is 0 Å². The van der Waals surface area contributed by atoms with Gasteiger partial charge in [-0.3, -0.25) is 0 Å². The van der Waals surface area contributed by atoms with Crippen LogP contribution in [0, 0.1) is 0 Å². The van der Waals surface area contributed by atoms with Gasteiger partial charge in [0.05, 0.1) is 0 Å². The summed E-state index contributed by atoms with van der Waals surface area (Å²) in [4.78, 5) is 0. The molecule has 0 saturated heterocycles. The van der Waals surface area contributed by atoms with Crippen LogP contribution in [0.15, 0.2) is 12.7 Å². The lowest BCUT2D eigenvalue weighted by molar-refractivity contribution is 0.605. The van der Waals surface area contributed by atoms with E-state index in [-0.39, 0.29) is 7.48 Å². The van der Waals surface area contributed by atoms with Crippen molar-refractivity contribution >= 4 is 7.48 Å². The molecule has 1 N–H and O–H groups in total. The highest BCUT2D eigenvalue weighted by atomic mass is 16.2. The molecule has 0 aromatic carbocycles. The molecule has 0 atom stereocenters. The number of hydrogen-bond donors (Lipinski definition) is 1. The van der Waals surface area contributed by atoms with Crippen molar-refractivity contribution in [2.45, 2.75) is 6.32 Å². The molecular weight excluding hydrogens is 62.8 g/mol. The van der Waals surface area contributed by atoms with Gasteiger partial charge in [0, 0.05) is 0 Å². The van der Waals surface area contributed by atoms with Gasteiger partial charge in [-0.2, -0.15) is 0 Å². The SMILES string of the molecule is C=CCBO. The Balaban J connectivity index is 2.40. The van der Waals surface area contributed by atoms with Gasteiger partial charge in [-0.15, -0.1) is 6.58 Å². The molecule has 0 spiro atoms. The minimum atomic E-state index is 0.226. The van der Waals surface area contributed by atoms with Crippen molar-refractivity contribution in [1.29, 1.82) is 0 Å². The van der Waals surface area contributed by atoms with Gasteiger partial charge in [-0.05, 0) is 6.32 Å². The van der Waals surface area contributed by atoms with Crippen molar-refractivity contribution in [2.24, 2.45) is 0 Å². The van der Waals surface area contributed by atoms with Crippen LogP contribution in [0.4, 0.5) is 0 Å². The van der Waals surface area contributed by atoms with E-state index in [1.165, 1.54) is 0 Å². The largest absolute Gasteiger partial charge is 0.454 e. The van der Waals surface area contributed by atoms with Gasteiger partial charge in [0.2, 0.25) is 0 Å². The summed E-state index contributed by atoms with van der Waals surface area (Å²) in [6, 6.07) is 0. The fraction of sp³-hybridized carbons (Fsp3) is 0.333. The van der Waals surface area contributed by atoms with Gasteiger partial charge in [-0.25, -0.2) is 0 Å². The minimum absolute atomic E-state index is 0.226. The number of rotatable bonds is 2. The third-order valence-corrected chi connectivity index (χ3v) is 0.333. The third kappa shape index (κ3) is 3.76. The second kappa shape index (κ2) is 3.76. The van der Waals surface area contributed by atoms with Crippen LogP contribution < -0.4 is 0 Å². The van der Waals surface area contributed by atoms with Crippen LogP contribution in [-0.4, -0.2) is 12.5 Å². The zero-order valence-corrected chi connectivity index (χ0v) is 3.15. The van der Waals surface area contributed by atoms with Crippen LogP contribution >= 0.6 is 0 Å². The molecule has 0 aromatic rings. The molecule has 0 fully saturated rings. The minimum Gasteiger partial charge on any atom is -0.454 e. The van der Waals surface area contributed by atoms with E-state index in [0.29, 0.717) is 6.32 Å². The average molecular weight is 69.9 g/mol. The van der Waals surface area contributed by atoms with Crippen molar-refractivity contribution in [2.75, 3.05) is 0 Å². The first kappa shape index (κ1) is 4.76. The molecule has 0 bridgehead atoms. The Morgan fingerprint density at radius 3 is 2.60 bits per heavy atom. The Bertz CT molecular complexity index is 28.1. The Morgan fingerprint density at radius 2 is 2.60 bits per heavy atom. The standard InChI is InChI=1S/C3H7BO/c1-2-3-4-5/h2,4-5H,1,3H2. The Hall–Kier alpha value is -0.235. The fourth-order valence-corrected chi connectivity index (χ4v) is 0.0913. The molecule has 0 amide bonds. The van der Waals surface area contributed by atoms with Gasteiger partial charge in [-0.1, -0.05) is 6.08 Å². The maximum absolute atomic E-state index is 8.00. The van der Waals surface area contributed by atoms with E-state index in [4.69, 9.17) is 5.02 Å². The molecule has 28 valence electrons. The van der Waals surface area contributed by atoms with Gasteiger partial charge in [0.25, 0.3) is 7.48 Å². The lowest BCUT2D eigenvalue weighted by Crippen LogP contribution is -1.77. The first-order valence-corrected chi connectivity index (χ1v) is 1.63. The van der Waals surface area contributed by atoms with Crippen LogP contribution in [-0.2, 0) is 0 Å². The molecule has 0 saturated carbocycles. The highest BCUT2D eigenvalue weighted by Crippen LogP contribution is 1.69. The highest BCUT2D eigenvalue weighted by Gasteiger charge is 1.69. The van der Waals surface area contributed by atoms with Crippen LogP contribution in [0.2, 0.25) is 6.32 Å². The van der Waals surface area contributed by atoms with E-state index in [2.05, 4.69) is 6.58 Å². The second-order valence-electron chi connectivity index (χ2n) is 0.801. The summed E-state index contributed by atoms with van der Waals surface area (Å²) < 4.78 is 0. The van der Waals surface area contributed by atoms with Crippen LogP contribution in [0.5, 0.6) is 0 Å². The van der Waals surface area contributed by atoms with E-state index in [0.717, 1.165) is 0 Å². The normalized spacial score (nSPS) is 6.60. The molecule has 0 unspecified atom stereocenters. The van der Waals surface area contributed by atoms with Gasteiger partial charge < -0.3 is 5.02 Å². The highest BCUT2D eigenvalue weighted by molar-refractivity contribution is 6.25. The smallest absolute Gasteiger partial charge is 0.274 e. The van der Waals surface area contributed by atoms with E-state index in [1.54, 1.807) is 6.08 Å². The third-order valence-electron chi connectivity index (χ3n) is 0.333. The van der Waals surface area contributed by atoms with Crippen molar-refractivity contribution in [1.82, 2.24) is 0 Å². The molecular formula is C3H7BO. The van der Waals surface area contributed by atoms with E-state index in [1.807, 2.05) is 0 Å². The first-order chi connectivity index (χ1) is 2.41. The lowest BCUT2D eigenvalue weighted by Gasteiger charge is -1.69. The van der Waals surface area contributed by atoms with Crippen molar-refractivity contribution in [3.05, 3.63) is 12.7 Å². The van der Waals surface area contributed by atoms with Gasteiger partial charge >= 0.3 is 0 Å². The predicted octanol–water partition coefficient (Wildman–Crippen LogP) is -0.0655. The summed E-state index contributed by atoms with van der Waals surface area (Å²) in [7, 11) is 0.226. The van der Waals surface area contributed by atoms with Crippen molar-refractivity contribution in [3.8, 4) is 0 Å². The van der Waals surface area contributed by atoms with Crippen LogP contribution in [0.3, 0.4) is 0 Å². The second-order valence-corrected chi connectivity index (χ2v) is 0.801. The molecule has 2 heteroatoms. The topological polar surface area (TPSA) is 20.2 Å². The molecule has 0 heterocycles. The van der Waals surface area contributed by atoms with Crippen LogP contribution in [0.25, 0.3) is 0 Å². The molecule has 0 aromatic heterocycles. The summed E-state index contributed by atoms with van der Waals surface area (Å²) in [6.07, 6.45) is 2.39.